The second-order valence-electron chi connectivity index (χ2n) is 8.16. The van der Waals surface area contributed by atoms with Crippen molar-refractivity contribution in [2.75, 3.05) is 38.2 Å². The van der Waals surface area contributed by atoms with Crippen molar-refractivity contribution >= 4 is 11.7 Å². The minimum Gasteiger partial charge on any atom is -0.497 e. The Morgan fingerprint density at radius 2 is 1.68 bits per heavy atom. The van der Waals surface area contributed by atoms with Crippen LogP contribution in [0.25, 0.3) is 16.9 Å². The molecular weight excluding hydrogens is 428 g/mol. The smallest absolute Gasteiger partial charge is 0.257 e. The normalized spacial score (nSPS) is 13.7. The number of hydrogen-bond acceptors (Lipinski definition) is 6. The molecule has 1 aliphatic heterocycles. The third-order valence-corrected chi connectivity index (χ3v) is 6.17. The number of methoxy groups -OCH3 is 1. The molecule has 5 rings (SSSR count). The van der Waals surface area contributed by atoms with Gasteiger partial charge < -0.3 is 14.5 Å². The fourth-order valence-electron chi connectivity index (χ4n) is 4.20. The van der Waals surface area contributed by atoms with Crippen LogP contribution < -0.4 is 9.64 Å². The Morgan fingerprint density at radius 3 is 2.38 bits per heavy atom. The quantitative estimate of drug-likeness (QED) is 0.459. The lowest BCUT2D eigenvalue weighted by Crippen LogP contribution is -2.49. The maximum absolute atomic E-state index is 13.2. The van der Waals surface area contributed by atoms with Crippen LogP contribution in [0.4, 0.5) is 5.82 Å². The highest BCUT2D eigenvalue weighted by Gasteiger charge is 2.26. The molecule has 8 heteroatoms. The fourth-order valence-corrected chi connectivity index (χ4v) is 4.20. The summed E-state index contributed by atoms with van der Waals surface area (Å²) in [6, 6.07) is 19.7. The first-order valence-electron chi connectivity index (χ1n) is 11.2. The molecule has 0 saturated carbocycles. The van der Waals surface area contributed by atoms with Crippen LogP contribution in [0.1, 0.15) is 16.1 Å². The number of anilines is 1. The lowest BCUT2D eigenvalue weighted by atomic mass is 10.1. The SMILES string of the molecule is COc1ccc(-c2cc(N3CCN(C(=O)c4cnn(-c5ccccc5)c4C)CC3)ncn2)cc1. The van der Waals surface area contributed by atoms with E-state index in [1.807, 2.05) is 77.2 Å². The molecule has 0 radical (unpaired) electrons. The van der Waals surface area contributed by atoms with Crippen LogP contribution in [0.2, 0.25) is 0 Å². The van der Waals surface area contributed by atoms with E-state index in [9.17, 15) is 4.79 Å². The van der Waals surface area contributed by atoms with Crippen LogP contribution in [0.15, 0.2) is 73.2 Å². The zero-order chi connectivity index (χ0) is 23.5. The molecule has 1 aliphatic rings. The minimum absolute atomic E-state index is 0.0148. The number of rotatable bonds is 5. The highest BCUT2D eigenvalue weighted by molar-refractivity contribution is 5.95. The van der Waals surface area contributed by atoms with Crippen LogP contribution in [-0.4, -0.2) is 63.8 Å². The van der Waals surface area contributed by atoms with Gasteiger partial charge in [0.25, 0.3) is 5.91 Å². The Morgan fingerprint density at radius 1 is 0.941 bits per heavy atom. The minimum atomic E-state index is 0.0148. The zero-order valence-electron chi connectivity index (χ0n) is 19.3. The molecule has 4 aromatic rings. The van der Waals surface area contributed by atoms with Gasteiger partial charge in [0.05, 0.1) is 35.9 Å². The number of carbonyl (C=O) groups excluding carboxylic acids is 1. The van der Waals surface area contributed by atoms with E-state index in [4.69, 9.17) is 4.74 Å². The summed E-state index contributed by atoms with van der Waals surface area (Å²) in [4.78, 5) is 26.2. The summed E-state index contributed by atoms with van der Waals surface area (Å²) in [5, 5.41) is 4.45. The van der Waals surface area contributed by atoms with Gasteiger partial charge in [0.15, 0.2) is 0 Å². The second kappa shape index (κ2) is 9.35. The molecule has 2 aromatic heterocycles. The van der Waals surface area contributed by atoms with Gasteiger partial charge in [-0.05, 0) is 43.3 Å². The molecule has 2 aromatic carbocycles. The van der Waals surface area contributed by atoms with Crippen LogP contribution in [0.5, 0.6) is 5.75 Å². The van der Waals surface area contributed by atoms with E-state index in [1.165, 1.54) is 0 Å². The molecule has 8 nitrogen and oxygen atoms in total. The van der Waals surface area contributed by atoms with Gasteiger partial charge in [-0.1, -0.05) is 18.2 Å². The highest BCUT2D eigenvalue weighted by Crippen LogP contribution is 2.24. The number of para-hydroxylation sites is 1. The molecule has 34 heavy (non-hydrogen) atoms. The Kier molecular flexibility index (Phi) is 5.95. The van der Waals surface area contributed by atoms with Crippen molar-refractivity contribution in [3.05, 3.63) is 84.4 Å². The maximum atomic E-state index is 13.2. The second-order valence-corrected chi connectivity index (χ2v) is 8.16. The average molecular weight is 455 g/mol. The summed E-state index contributed by atoms with van der Waals surface area (Å²) >= 11 is 0. The van der Waals surface area contributed by atoms with E-state index in [-0.39, 0.29) is 5.91 Å². The fraction of sp³-hybridized carbons (Fsp3) is 0.231. The number of amides is 1. The van der Waals surface area contributed by atoms with Gasteiger partial charge in [0.2, 0.25) is 0 Å². The molecule has 0 N–H and O–H groups in total. The van der Waals surface area contributed by atoms with E-state index in [2.05, 4.69) is 20.0 Å². The summed E-state index contributed by atoms with van der Waals surface area (Å²) in [6.45, 7) is 4.59. The monoisotopic (exact) mass is 454 g/mol. The predicted molar refractivity (Wildman–Crippen MR) is 130 cm³/mol. The van der Waals surface area contributed by atoms with E-state index in [0.29, 0.717) is 31.7 Å². The Bertz CT molecular complexity index is 1280. The molecular formula is C26H26N6O2. The van der Waals surface area contributed by atoms with E-state index >= 15 is 0 Å². The van der Waals surface area contributed by atoms with Crippen LogP contribution in [-0.2, 0) is 0 Å². The lowest BCUT2D eigenvalue weighted by molar-refractivity contribution is 0.0745. The van der Waals surface area contributed by atoms with E-state index in [1.54, 1.807) is 19.6 Å². The van der Waals surface area contributed by atoms with Gasteiger partial charge in [-0.3, -0.25) is 4.79 Å². The van der Waals surface area contributed by atoms with Crippen molar-refractivity contribution < 1.29 is 9.53 Å². The zero-order valence-corrected chi connectivity index (χ0v) is 19.3. The number of benzene rings is 2. The lowest BCUT2D eigenvalue weighted by Gasteiger charge is -2.35. The molecule has 1 fully saturated rings. The van der Waals surface area contributed by atoms with Gasteiger partial charge in [-0.25, -0.2) is 14.6 Å². The van der Waals surface area contributed by atoms with Crippen molar-refractivity contribution in [2.24, 2.45) is 0 Å². The summed E-state index contributed by atoms with van der Waals surface area (Å²) in [5.41, 5.74) is 4.29. The first kappa shape index (κ1) is 21.6. The van der Waals surface area contributed by atoms with Crippen LogP contribution in [0.3, 0.4) is 0 Å². The number of ether oxygens (including phenoxy) is 1. The third-order valence-electron chi connectivity index (χ3n) is 6.17. The summed E-state index contributed by atoms with van der Waals surface area (Å²) in [6.07, 6.45) is 3.26. The summed E-state index contributed by atoms with van der Waals surface area (Å²) in [7, 11) is 1.65. The first-order chi connectivity index (χ1) is 16.6. The van der Waals surface area contributed by atoms with Gasteiger partial charge >= 0.3 is 0 Å². The van der Waals surface area contributed by atoms with Crippen molar-refractivity contribution in [3.63, 3.8) is 0 Å². The Hall–Kier alpha value is -4.20. The molecule has 172 valence electrons. The summed E-state index contributed by atoms with van der Waals surface area (Å²) < 4.78 is 7.05. The molecule has 3 heterocycles. The number of nitrogens with zero attached hydrogens (tertiary/aromatic N) is 6. The molecule has 0 atom stereocenters. The van der Waals surface area contributed by atoms with Crippen molar-refractivity contribution in [2.45, 2.75) is 6.92 Å². The number of piperazine rings is 1. The number of carbonyl (C=O) groups is 1. The molecule has 1 amide bonds. The molecule has 0 unspecified atom stereocenters. The third kappa shape index (κ3) is 4.22. The molecule has 0 spiro atoms. The average Bonchev–Trinajstić information content (AvgIpc) is 3.30. The van der Waals surface area contributed by atoms with Gasteiger partial charge in [-0.15, -0.1) is 0 Å². The largest absolute Gasteiger partial charge is 0.497 e. The Balaban J connectivity index is 1.26. The van der Waals surface area contributed by atoms with Gasteiger partial charge in [-0.2, -0.15) is 5.10 Å². The van der Waals surface area contributed by atoms with Crippen molar-refractivity contribution in [1.82, 2.24) is 24.6 Å². The maximum Gasteiger partial charge on any atom is 0.257 e. The van der Waals surface area contributed by atoms with Crippen LogP contribution >= 0.6 is 0 Å². The van der Waals surface area contributed by atoms with E-state index in [0.717, 1.165) is 34.2 Å². The first-order valence-corrected chi connectivity index (χ1v) is 11.2. The van der Waals surface area contributed by atoms with E-state index < -0.39 is 0 Å². The number of hydrogen-bond donors (Lipinski definition) is 0. The Labute approximate surface area is 198 Å². The standard InChI is InChI=1S/C26H26N6O2/c1-19-23(17-29-32(19)21-6-4-3-5-7-21)26(33)31-14-12-30(13-15-31)25-16-24(27-18-28-25)20-8-10-22(34-2)11-9-20/h3-11,16-18H,12-15H2,1-2H3. The van der Waals surface area contributed by atoms with Crippen molar-refractivity contribution in [1.29, 1.82) is 0 Å². The molecule has 0 aliphatic carbocycles. The van der Waals surface area contributed by atoms with Gasteiger partial charge in [0.1, 0.15) is 17.9 Å². The molecule has 0 bridgehead atoms. The van der Waals surface area contributed by atoms with Crippen molar-refractivity contribution in [3.8, 4) is 22.7 Å². The predicted octanol–water partition coefficient (Wildman–Crippen LogP) is 3.61. The van der Waals surface area contributed by atoms with Gasteiger partial charge in [0, 0.05) is 37.8 Å². The topological polar surface area (TPSA) is 76.4 Å². The summed E-state index contributed by atoms with van der Waals surface area (Å²) in [5.74, 6) is 1.69. The van der Waals surface area contributed by atoms with Crippen LogP contribution in [0, 0.1) is 6.92 Å². The molecule has 1 saturated heterocycles. The highest BCUT2D eigenvalue weighted by atomic mass is 16.5. The number of aromatic nitrogens is 4.